The molecule has 0 bridgehead atoms. The third-order valence-corrected chi connectivity index (χ3v) is 4.76. The number of benzene rings is 1. The molecule has 1 N–H and O–H groups in total. The lowest BCUT2D eigenvalue weighted by Gasteiger charge is -2.21. The van der Waals surface area contributed by atoms with Crippen molar-refractivity contribution in [1.29, 1.82) is 0 Å². The Balaban J connectivity index is 1.53. The molecule has 0 aromatic heterocycles. The molecule has 1 saturated carbocycles. The minimum Gasteiger partial charge on any atom is -0.378 e. The van der Waals surface area contributed by atoms with Gasteiger partial charge in [-0.2, -0.15) is 0 Å². The average molecular weight is 317 g/mol. The summed E-state index contributed by atoms with van der Waals surface area (Å²) in [6.45, 7) is 5.72. The number of rotatable bonds is 8. The third kappa shape index (κ3) is 6.74. The lowest BCUT2D eigenvalue weighted by atomic mass is 9.98. The summed E-state index contributed by atoms with van der Waals surface area (Å²) in [6, 6.07) is 6.43. The number of hydrogen-bond donors (Lipinski definition) is 1. The molecule has 1 amide bonds. The van der Waals surface area contributed by atoms with Crippen LogP contribution in [0, 0.1) is 13.8 Å². The fourth-order valence-electron chi connectivity index (χ4n) is 3.09. The van der Waals surface area contributed by atoms with E-state index in [1.54, 1.807) is 0 Å². The Morgan fingerprint density at radius 3 is 2.70 bits per heavy atom. The second-order valence-corrected chi connectivity index (χ2v) is 6.75. The molecule has 0 heterocycles. The van der Waals surface area contributed by atoms with Crippen molar-refractivity contribution >= 4 is 5.91 Å². The molecule has 1 aliphatic carbocycles. The van der Waals surface area contributed by atoms with E-state index in [9.17, 15) is 4.79 Å². The number of ether oxygens (including phenoxy) is 1. The lowest BCUT2D eigenvalue weighted by Crippen LogP contribution is -2.26. The van der Waals surface area contributed by atoms with Crippen LogP contribution in [0.3, 0.4) is 0 Å². The van der Waals surface area contributed by atoms with E-state index in [1.807, 2.05) is 0 Å². The lowest BCUT2D eigenvalue weighted by molar-refractivity contribution is -0.121. The van der Waals surface area contributed by atoms with Crippen molar-refractivity contribution in [3.8, 4) is 0 Å². The first kappa shape index (κ1) is 18.0. The fourth-order valence-corrected chi connectivity index (χ4v) is 3.09. The zero-order valence-corrected chi connectivity index (χ0v) is 14.7. The monoisotopic (exact) mass is 317 g/mol. The Morgan fingerprint density at radius 2 is 1.96 bits per heavy atom. The normalized spacial score (nSPS) is 15.6. The second-order valence-electron chi connectivity index (χ2n) is 6.75. The Labute approximate surface area is 140 Å². The highest BCUT2D eigenvalue weighted by molar-refractivity contribution is 5.76. The van der Waals surface area contributed by atoms with E-state index in [-0.39, 0.29) is 5.91 Å². The molecule has 1 fully saturated rings. The summed E-state index contributed by atoms with van der Waals surface area (Å²) in [5, 5.41) is 3.00. The van der Waals surface area contributed by atoms with Crippen LogP contribution in [0.5, 0.6) is 0 Å². The van der Waals surface area contributed by atoms with E-state index < -0.39 is 0 Å². The number of amides is 1. The molecule has 1 aromatic rings. The SMILES string of the molecule is Cc1ccc(CCC(=O)NCCCOC2CCCCC2)cc1C. The van der Waals surface area contributed by atoms with Gasteiger partial charge in [0.05, 0.1) is 6.10 Å². The molecule has 3 heteroatoms. The smallest absolute Gasteiger partial charge is 0.220 e. The molecule has 1 aromatic carbocycles. The van der Waals surface area contributed by atoms with E-state index in [4.69, 9.17) is 4.74 Å². The summed E-state index contributed by atoms with van der Waals surface area (Å²) < 4.78 is 5.87. The van der Waals surface area contributed by atoms with Crippen LogP contribution >= 0.6 is 0 Å². The maximum atomic E-state index is 11.9. The molecule has 0 saturated heterocycles. The van der Waals surface area contributed by atoms with Crippen LogP contribution in [-0.4, -0.2) is 25.2 Å². The fraction of sp³-hybridized carbons (Fsp3) is 0.650. The molecule has 0 radical (unpaired) electrons. The maximum Gasteiger partial charge on any atom is 0.220 e. The largest absolute Gasteiger partial charge is 0.378 e. The maximum absolute atomic E-state index is 11.9. The quantitative estimate of drug-likeness (QED) is 0.733. The summed E-state index contributed by atoms with van der Waals surface area (Å²) in [5.41, 5.74) is 3.84. The van der Waals surface area contributed by atoms with Gasteiger partial charge in [-0.1, -0.05) is 37.5 Å². The summed E-state index contributed by atoms with van der Waals surface area (Å²) in [5.74, 6) is 0.140. The molecule has 0 spiro atoms. The second kappa shape index (κ2) is 9.71. The van der Waals surface area contributed by atoms with Crippen molar-refractivity contribution in [2.75, 3.05) is 13.2 Å². The van der Waals surface area contributed by atoms with Crippen LogP contribution in [0.4, 0.5) is 0 Å². The topological polar surface area (TPSA) is 38.3 Å². The summed E-state index contributed by atoms with van der Waals surface area (Å²) in [4.78, 5) is 11.9. The minimum absolute atomic E-state index is 0.140. The molecule has 2 rings (SSSR count). The van der Waals surface area contributed by atoms with Gasteiger partial charge < -0.3 is 10.1 Å². The molecule has 0 aliphatic heterocycles. The van der Waals surface area contributed by atoms with E-state index in [0.29, 0.717) is 12.5 Å². The van der Waals surface area contributed by atoms with Gasteiger partial charge in [-0.05, 0) is 56.2 Å². The van der Waals surface area contributed by atoms with E-state index in [1.165, 1.54) is 48.8 Å². The van der Waals surface area contributed by atoms with Gasteiger partial charge in [0.15, 0.2) is 0 Å². The summed E-state index contributed by atoms with van der Waals surface area (Å²) in [7, 11) is 0. The van der Waals surface area contributed by atoms with Crippen molar-refractivity contribution < 1.29 is 9.53 Å². The van der Waals surface area contributed by atoms with Crippen LogP contribution in [0.25, 0.3) is 0 Å². The first-order chi connectivity index (χ1) is 11.1. The molecular weight excluding hydrogens is 286 g/mol. The van der Waals surface area contributed by atoms with Crippen molar-refractivity contribution in [2.24, 2.45) is 0 Å². The Morgan fingerprint density at radius 1 is 1.17 bits per heavy atom. The third-order valence-electron chi connectivity index (χ3n) is 4.76. The molecular formula is C20H31NO2. The van der Waals surface area contributed by atoms with Gasteiger partial charge in [-0.15, -0.1) is 0 Å². The van der Waals surface area contributed by atoms with E-state index >= 15 is 0 Å². The highest BCUT2D eigenvalue weighted by atomic mass is 16.5. The molecule has 1 aliphatic rings. The molecule has 3 nitrogen and oxygen atoms in total. The van der Waals surface area contributed by atoms with Crippen molar-refractivity contribution in [3.05, 3.63) is 34.9 Å². The average Bonchev–Trinajstić information content (AvgIpc) is 2.56. The van der Waals surface area contributed by atoms with Gasteiger partial charge in [0.2, 0.25) is 5.91 Å². The molecule has 128 valence electrons. The minimum atomic E-state index is 0.140. The van der Waals surface area contributed by atoms with E-state index in [0.717, 1.165) is 26.0 Å². The first-order valence-corrected chi connectivity index (χ1v) is 9.09. The predicted octanol–water partition coefficient (Wildman–Crippen LogP) is 4.09. The van der Waals surface area contributed by atoms with Crippen LogP contribution in [0.15, 0.2) is 18.2 Å². The highest BCUT2D eigenvalue weighted by Gasteiger charge is 2.13. The standard InChI is InChI=1S/C20H31NO2/c1-16-9-10-18(15-17(16)2)11-12-20(22)21-13-6-14-23-19-7-4-3-5-8-19/h9-10,15,19H,3-8,11-14H2,1-2H3,(H,21,22). The van der Waals surface area contributed by atoms with Crippen molar-refractivity contribution in [3.63, 3.8) is 0 Å². The Hall–Kier alpha value is -1.35. The van der Waals surface area contributed by atoms with Crippen molar-refractivity contribution in [2.45, 2.75) is 71.3 Å². The predicted molar refractivity (Wildman–Crippen MR) is 94.7 cm³/mol. The number of carbonyl (C=O) groups excluding carboxylic acids is 1. The van der Waals surface area contributed by atoms with Gasteiger partial charge in [0, 0.05) is 19.6 Å². The zero-order chi connectivity index (χ0) is 16.5. The van der Waals surface area contributed by atoms with Crippen LogP contribution < -0.4 is 5.32 Å². The number of hydrogen-bond acceptors (Lipinski definition) is 2. The van der Waals surface area contributed by atoms with Gasteiger partial charge in [0.1, 0.15) is 0 Å². The zero-order valence-electron chi connectivity index (χ0n) is 14.7. The Bertz CT molecular complexity index is 492. The van der Waals surface area contributed by atoms with Gasteiger partial charge in [-0.25, -0.2) is 0 Å². The number of aryl methyl sites for hydroxylation is 3. The van der Waals surface area contributed by atoms with Gasteiger partial charge >= 0.3 is 0 Å². The van der Waals surface area contributed by atoms with E-state index in [2.05, 4.69) is 37.4 Å². The van der Waals surface area contributed by atoms with Gasteiger partial charge in [0.25, 0.3) is 0 Å². The van der Waals surface area contributed by atoms with Crippen LogP contribution in [-0.2, 0) is 16.0 Å². The van der Waals surface area contributed by atoms with Crippen LogP contribution in [0.1, 0.15) is 61.6 Å². The number of nitrogens with one attached hydrogen (secondary N) is 1. The Kier molecular flexibility index (Phi) is 7.60. The number of carbonyl (C=O) groups is 1. The summed E-state index contributed by atoms with van der Waals surface area (Å²) >= 11 is 0. The highest BCUT2D eigenvalue weighted by Crippen LogP contribution is 2.20. The van der Waals surface area contributed by atoms with Crippen LogP contribution in [0.2, 0.25) is 0 Å². The summed E-state index contributed by atoms with van der Waals surface area (Å²) in [6.07, 6.45) is 9.13. The van der Waals surface area contributed by atoms with Gasteiger partial charge in [-0.3, -0.25) is 4.79 Å². The van der Waals surface area contributed by atoms with Crippen molar-refractivity contribution in [1.82, 2.24) is 5.32 Å². The molecule has 0 atom stereocenters. The molecule has 0 unspecified atom stereocenters. The first-order valence-electron chi connectivity index (χ1n) is 9.09. The molecule has 23 heavy (non-hydrogen) atoms.